The van der Waals surface area contributed by atoms with E-state index in [2.05, 4.69) is 20.6 Å². The molecule has 0 radical (unpaired) electrons. The first kappa shape index (κ1) is 53.5. The van der Waals surface area contributed by atoms with Gasteiger partial charge in [-0.25, -0.2) is 9.97 Å². The molecule has 0 aliphatic carbocycles. The molecule has 69 heavy (non-hydrogen) atoms. The maximum Gasteiger partial charge on any atom is 0.261 e. The zero-order valence-electron chi connectivity index (χ0n) is 40.4. The molecule has 360 valence electrons. The Bertz CT molecular complexity index is 3330. The topological polar surface area (TPSA) is 206 Å². The number of hydrogen-bond acceptors (Lipinski definition) is 10. The van der Waals surface area contributed by atoms with E-state index in [0.29, 0.717) is 79.3 Å². The minimum absolute atomic E-state index is 0. The van der Waals surface area contributed by atoms with Crippen molar-refractivity contribution in [2.24, 2.45) is 28.2 Å². The lowest BCUT2D eigenvalue weighted by molar-refractivity contribution is 0.0955. The number of fused-ring (bicyclic) bond motifs is 4. The number of rotatable bonds is 6. The molecule has 0 fully saturated rings. The fraction of sp³-hybridized carbons (Fsp3) is 0.283. The van der Waals surface area contributed by atoms with Crippen molar-refractivity contribution in [3.05, 3.63) is 172 Å². The van der Waals surface area contributed by atoms with Gasteiger partial charge in [0, 0.05) is 99.5 Å². The maximum atomic E-state index is 12.0. The molecule has 0 unspecified atom stereocenters. The smallest absolute Gasteiger partial charge is 0.261 e. The number of aryl methyl sites for hydroxylation is 4. The van der Waals surface area contributed by atoms with Gasteiger partial charge in [0.05, 0.1) is 21.8 Å². The molecular formula is C53H60N8O8. The van der Waals surface area contributed by atoms with Crippen LogP contribution in [0.4, 0.5) is 0 Å². The van der Waals surface area contributed by atoms with Crippen LogP contribution in [0.5, 0.6) is 0 Å². The summed E-state index contributed by atoms with van der Waals surface area (Å²) < 4.78 is 6.17. The van der Waals surface area contributed by atoms with E-state index in [4.69, 9.17) is 0 Å². The second-order valence-electron chi connectivity index (χ2n) is 16.1. The molecule has 4 aromatic carbocycles. The quantitative estimate of drug-likeness (QED) is 0.168. The number of nitrogens with zero attached hydrogens (tertiary/aromatic N) is 6. The molecule has 0 atom stereocenters. The van der Waals surface area contributed by atoms with Gasteiger partial charge in [-0.3, -0.25) is 47.5 Å². The van der Waals surface area contributed by atoms with Gasteiger partial charge in [0.2, 0.25) is 0 Å². The van der Waals surface area contributed by atoms with Crippen LogP contribution in [0.15, 0.2) is 104 Å². The number of ketones is 2. The van der Waals surface area contributed by atoms with Crippen molar-refractivity contribution in [3.63, 3.8) is 0 Å². The molecular weight excluding hydrogens is 877 g/mol. The van der Waals surface area contributed by atoms with Gasteiger partial charge in [-0.15, -0.1) is 0 Å². The summed E-state index contributed by atoms with van der Waals surface area (Å²) in [7, 11) is 9.95. The van der Waals surface area contributed by atoms with E-state index in [1.807, 2.05) is 39.8 Å². The van der Waals surface area contributed by atoms with Gasteiger partial charge in [0.25, 0.3) is 34.1 Å². The Morgan fingerprint density at radius 1 is 0.449 bits per heavy atom. The Kier molecular flexibility index (Phi) is 17.5. The van der Waals surface area contributed by atoms with Crippen LogP contribution < -0.4 is 32.9 Å². The molecule has 0 aliphatic rings. The first-order valence-corrected chi connectivity index (χ1v) is 21.8. The third-order valence-corrected chi connectivity index (χ3v) is 11.8. The highest BCUT2D eigenvalue weighted by Crippen LogP contribution is 2.17. The van der Waals surface area contributed by atoms with E-state index < -0.39 is 0 Å². The van der Waals surface area contributed by atoms with Crippen LogP contribution in [0.3, 0.4) is 0 Å². The minimum Gasteiger partial charge on any atom is -0.355 e. The van der Waals surface area contributed by atoms with Crippen molar-refractivity contribution < 1.29 is 19.2 Å². The standard InChI is InChI=1S/C14H15NO2.2C13H14N2O2.C12H13N3O2.CH4/c1-4-13(16)10-5-6-12-11(8-10)7-9(2)15(3)14(12)17;1-8-6-9-4-5-10(12(16)14-2)7-11(9)13(17)15(8)3;1-4-12(16)9-5-6-10-11(7-9)14-8(2)15(3)13(10)17;1-7-14-10-5-4-8(11(16)13-2)6-9(10)12(17)15(7)3;/h5-8H,4H2,1-3H3;4-7H,1-3H3,(H,14,16);5-7H,4H2,1-3H3;4-6H,1-3H3,(H,13,16);1H4. The molecule has 16 nitrogen and oxygen atoms in total. The van der Waals surface area contributed by atoms with Crippen LogP contribution in [0, 0.1) is 27.7 Å². The largest absolute Gasteiger partial charge is 0.355 e. The zero-order chi connectivity index (χ0) is 50.3. The zero-order valence-corrected chi connectivity index (χ0v) is 40.4. The van der Waals surface area contributed by atoms with Crippen LogP contribution in [0.2, 0.25) is 0 Å². The Morgan fingerprint density at radius 3 is 1.38 bits per heavy atom. The third kappa shape index (κ3) is 11.5. The van der Waals surface area contributed by atoms with E-state index >= 15 is 0 Å². The highest BCUT2D eigenvalue weighted by atomic mass is 16.2. The summed E-state index contributed by atoms with van der Waals surface area (Å²) in [5.74, 6) is 1.06. The fourth-order valence-corrected chi connectivity index (χ4v) is 7.16. The Labute approximate surface area is 399 Å². The van der Waals surface area contributed by atoms with Crippen molar-refractivity contribution in [2.45, 2.75) is 61.8 Å². The normalized spacial score (nSPS) is 10.5. The monoisotopic (exact) mass is 936 g/mol. The van der Waals surface area contributed by atoms with E-state index in [9.17, 15) is 38.4 Å². The number of nitrogens with one attached hydrogen (secondary N) is 2. The summed E-state index contributed by atoms with van der Waals surface area (Å²) in [6.07, 6.45) is 0.935. The highest BCUT2D eigenvalue weighted by Gasteiger charge is 2.12. The third-order valence-electron chi connectivity index (χ3n) is 11.8. The van der Waals surface area contributed by atoms with E-state index in [-0.39, 0.29) is 53.0 Å². The number of Topliss-reactive ketones (excluding diaryl/α,β-unsaturated/α-hetero) is 2. The molecule has 8 rings (SSSR count). The van der Waals surface area contributed by atoms with Gasteiger partial charge >= 0.3 is 0 Å². The second kappa shape index (κ2) is 22.6. The van der Waals surface area contributed by atoms with Gasteiger partial charge in [0.1, 0.15) is 11.6 Å². The molecule has 2 amide bonds. The highest BCUT2D eigenvalue weighted by molar-refractivity contribution is 6.01. The number of aromatic nitrogens is 6. The summed E-state index contributed by atoms with van der Waals surface area (Å²) in [5.41, 5.74) is 4.92. The van der Waals surface area contributed by atoms with Gasteiger partial charge in [-0.2, -0.15) is 0 Å². The summed E-state index contributed by atoms with van der Waals surface area (Å²) in [6.45, 7) is 11.0. The van der Waals surface area contributed by atoms with Gasteiger partial charge in [-0.1, -0.05) is 39.5 Å². The SMILES string of the molecule is C.CCC(=O)c1ccc2c(=O)n(C)c(C)cc2c1.CCC(=O)c1ccc2c(=O)n(C)c(C)nc2c1.CNC(=O)c1ccc2cc(C)n(C)c(=O)c2c1.CNC(=O)c1ccc2nc(C)n(C)c(=O)c2c1. The molecule has 2 N–H and O–H groups in total. The lowest BCUT2D eigenvalue weighted by atomic mass is 10.0. The average molecular weight is 937 g/mol. The van der Waals surface area contributed by atoms with Crippen LogP contribution in [-0.2, 0) is 28.2 Å². The van der Waals surface area contributed by atoms with Crippen LogP contribution in [0.1, 0.15) is 98.6 Å². The molecule has 4 heterocycles. The average Bonchev–Trinajstić information content (AvgIpc) is 3.35. The Morgan fingerprint density at radius 2 is 0.855 bits per heavy atom. The maximum absolute atomic E-state index is 12.0. The van der Waals surface area contributed by atoms with Crippen LogP contribution >= 0.6 is 0 Å². The number of hydrogen-bond donors (Lipinski definition) is 2. The van der Waals surface area contributed by atoms with E-state index in [1.165, 1.54) is 9.13 Å². The Hall–Kier alpha value is -8.14. The predicted molar refractivity (Wildman–Crippen MR) is 274 cm³/mol. The van der Waals surface area contributed by atoms with Crippen molar-refractivity contribution in [1.29, 1.82) is 0 Å². The predicted octanol–water partition coefficient (Wildman–Crippen LogP) is 6.72. The lowest BCUT2D eigenvalue weighted by Crippen LogP contribution is -2.22. The van der Waals surface area contributed by atoms with Crippen LogP contribution in [-0.4, -0.2) is 65.7 Å². The number of pyridine rings is 2. The summed E-state index contributed by atoms with van der Waals surface area (Å²) in [6, 6.07) is 24.3. The fourth-order valence-electron chi connectivity index (χ4n) is 7.16. The lowest BCUT2D eigenvalue weighted by Gasteiger charge is -2.07. The molecule has 8 aromatic rings. The summed E-state index contributed by atoms with van der Waals surface area (Å²) in [4.78, 5) is 103. The Balaban J connectivity index is 0.000000199. The molecule has 0 saturated carbocycles. The number of amides is 2. The van der Waals surface area contributed by atoms with Crippen molar-refractivity contribution >= 4 is 66.7 Å². The number of benzene rings is 4. The molecule has 16 heteroatoms. The van der Waals surface area contributed by atoms with Crippen molar-refractivity contribution in [1.82, 2.24) is 38.9 Å². The molecule has 4 aromatic heterocycles. The first-order chi connectivity index (χ1) is 32.2. The molecule has 0 spiro atoms. The summed E-state index contributed by atoms with van der Waals surface area (Å²) >= 11 is 0. The summed E-state index contributed by atoms with van der Waals surface area (Å²) in [5, 5.41) is 9.00. The van der Waals surface area contributed by atoms with Crippen molar-refractivity contribution in [3.8, 4) is 0 Å². The van der Waals surface area contributed by atoms with Crippen LogP contribution in [0.25, 0.3) is 43.4 Å². The molecule has 0 aliphatic heterocycles. The van der Waals surface area contributed by atoms with Gasteiger partial charge in [-0.05, 0) is 105 Å². The van der Waals surface area contributed by atoms with Gasteiger partial charge < -0.3 is 19.8 Å². The van der Waals surface area contributed by atoms with Gasteiger partial charge in [0.15, 0.2) is 11.6 Å². The second-order valence-corrected chi connectivity index (χ2v) is 16.1. The number of carbonyl (C=O) groups is 4. The first-order valence-electron chi connectivity index (χ1n) is 21.8. The minimum atomic E-state index is -0.213. The van der Waals surface area contributed by atoms with Crippen molar-refractivity contribution in [2.75, 3.05) is 14.1 Å². The molecule has 0 saturated heterocycles. The number of carbonyl (C=O) groups excluding carboxylic acids is 4. The van der Waals surface area contributed by atoms with E-state index in [1.54, 1.807) is 138 Å². The molecule has 0 bridgehead atoms. The van der Waals surface area contributed by atoms with E-state index in [0.717, 1.165) is 22.2 Å².